The van der Waals surface area contributed by atoms with Gasteiger partial charge in [-0.2, -0.15) is 0 Å². The van der Waals surface area contributed by atoms with Gasteiger partial charge in [-0.15, -0.1) is 0 Å². The molecule has 0 aliphatic rings. The summed E-state index contributed by atoms with van der Waals surface area (Å²) in [5, 5.41) is 0. The van der Waals surface area contributed by atoms with Gasteiger partial charge in [0.1, 0.15) is 0 Å². The topological polar surface area (TPSA) is 0 Å². The van der Waals surface area contributed by atoms with Gasteiger partial charge in [0.25, 0.3) is 0 Å². The SMILES string of the molecule is CCCCCCCCCCCCCCCC#[C][Hg][C]#CCCCCCCCCCCCCCCC. The van der Waals surface area contributed by atoms with Crippen LogP contribution in [0.15, 0.2) is 0 Å². The molecule has 35 heavy (non-hydrogen) atoms. The van der Waals surface area contributed by atoms with Crippen molar-refractivity contribution in [3.63, 3.8) is 0 Å². The molecule has 0 aromatic rings. The number of hydrogen-bond acceptors (Lipinski definition) is 0. The first-order valence-corrected chi connectivity index (χ1v) is 21.8. The molecule has 0 unspecified atom stereocenters. The predicted octanol–water partition coefficient (Wildman–Crippen LogP) is 12.0. The zero-order valence-electron chi connectivity index (χ0n) is 24.5. The summed E-state index contributed by atoms with van der Waals surface area (Å²) in [4.78, 5) is 0. The van der Waals surface area contributed by atoms with Gasteiger partial charge in [-0.25, -0.2) is 0 Å². The van der Waals surface area contributed by atoms with Crippen molar-refractivity contribution in [2.24, 2.45) is 0 Å². The zero-order valence-corrected chi connectivity index (χ0v) is 30.0. The third-order valence-electron chi connectivity index (χ3n) is 7.24. The molecule has 0 aliphatic carbocycles. The zero-order chi connectivity index (χ0) is 25.3. The Morgan fingerprint density at radius 1 is 0.314 bits per heavy atom. The Balaban J connectivity index is 3.20. The maximum absolute atomic E-state index is 3.48. The minimum atomic E-state index is -1.16. The van der Waals surface area contributed by atoms with E-state index in [0.717, 1.165) is 12.8 Å². The van der Waals surface area contributed by atoms with Crippen molar-refractivity contribution in [1.82, 2.24) is 0 Å². The molecule has 0 aromatic heterocycles. The fourth-order valence-electron chi connectivity index (χ4n) is 4.81. The minimum absolute atomic E-state index is 1.12. The Morgan fingerprint density at radius 2 is 0.543 bits per heavy atom. The van der Waals surface area contributed by atoms with E-state index in [1.807, 2.05) is 0 Å². The molecule has 0 aliphatic heterocycles. The van der Waals surface area contributed by atoms with Gasteiger partial charge in [0.05, 0.1) is 0 Å². The summed E-state index contributed by atoms with van der Waals surface area (Å²) in [6.45, 7) is 4.60. The van der Waals surface area contributed by atoms with Crippen LogP contribution in [0.2, 0.25) is 0 Å². The first-order valence-electron chi connectivity index (χ1n) is 16.3. The van der Waals surface area contributed by atoms with Gasteiger partial charge < -0.3 is 0 Å². The van der Waals surface area contributed by atoms with Crippen LogP contribution < -0.4 is 0 Å². The number of hydrogen-bond donors (Lipinski definition) is 0. The van der Waals surface area contributed by atoms with Crippen molar-refractivity contribution in [2.75, 3.05) is 0 Å². The van der Waals surface area contributed by atoms with Crippen LogP contribution >= 0.6 is 0 Å². The van der Waals surface area contributed by atoms with Gasteiger partial charge in [0.15, 0.2) is 0 Å². The summed E-state index contributed by atoms with van der Waals surface area (Å²) in [6, 6.07) is 0. The van der Waals surface area contributed by atoms with Crippen molar-refractivity contribution in [3.05, 3.63) is 0 Å². The smallest absolute Gasteiger partial charge is 0.0654 e. The van der Waals surface area contributed by atoms with E-state index in [1.54, 1.807) is 0 Å². The van der Waals surface area contributed by atoms with Gasteiger partial charge in [0, 0.05) is 0 Å². The number of rotatable bonds is 26. The third-order valence-corrected chi connectivity index (χ3v) is 10.6. The molecule has 0 atom stereocenters. The summed E-state index contributed by atoms with van der Waals surface area (Å²) in [7, 11) is 0. The first kappa shape index (κ1) is 35.1. The molecular weight excluding hydrogens is 609 g/mol. The summed E-state index contributed by atoms with van der Waals surface area (Å²) in [5.41, 5.74) is 0. The summed E-state index contributed by atoms with van der Waals surface area (Å²) in [5.74, 6) is 6.85. The minimum Gasteiger partial charge on any atom is -0.0654 e. The van der Waals surface area contributed by atoms with Crippen LogP contribution in [0.4, 0.5) is 0 Å². The molecule has 0 aromatic carbocycles. The molecule has 0 saturated heterocycles. The Bertz CT molecular complexity index is 454. The van der Waals surface area contributed by atoms with Crippen LogP contribution in [0.5, 0.6) is 0 Å². The van der Waals surface area contributed by atoms with Gasteiger partial charge in [-0.3, -0.25) is 0 Å². The molecule has 0 rings (SSSR count). The fourth-order valence-corrected chi connectivity index (χ4v) is 7.50. The van der Waals surface area contributed by atoms with E-state index in [-0.39, 0.29) is 0 Å². The van der Waals surface area contributed by atoms with E-state index >= 15 is 0 Å². The molecule has 0 N–H and O–H groups in total. The average Bonchev–Trinajstić information content (AvgIpc) is 2.87. The molecule has 0 amide bonds. The summed E-state index contributed by atoms with van der Waals surface area (Å²) in [6.07, 6.45) is 39.4. The van der Waals surface area contributed by atoms with E-state index in [4.69, 9.17) is 0 Å². The monoisotopic (exact) mass is 672 g/mol. The summed E-state index contributed by atoms with van der Waals surface area (Å²) >= 11 is -1.16. The van der Waals surface area contributed by atoms with Gasteiger partial charge in [0.2, 0.25) is 0 Å². The molecule has 0 radical (unpaired) electrons. The van der Waals surface area contributed by atoms with Gasteiger partial charge in [-0.05, 0) is 0 Å². The third kappa shape index (κ3) is 34.1. The number of unbranched alkanes of at least 4 members (excludes halogenated alkanes) is 26. The molecule has 0 spiro atoms. The second kappa shape index (κ2) is 34.1. The molecule has 0 heterocycles. The summed E-state index contributed by atoms with van der Waals surface area (Å²) < 4.78 is 6.95. The van der Waals surface area contributed by atoms with E-state index < -0.39 is 24.6 Å². The van der Waals surface area contributed by atoms with Crippen LogP contribution in [-0.2, 0) is 24.6 Å². The second-order valence-electron chi connectivity index (χ2n) is 10.9. The van der Waals surface area contributed by atoms with Crippen LogP contribution in [-0.4, -0.2) is 0 Å². The van der Waals surface area contributed by atoms with E-state index in [0.29, 0.717) is 0 Å². The molecule has 1 heteroatoms. The Hall–Kier alpha value is 0.0551. The molecule has 0 fully saturated rings. The Morgan fingerprint density at radius 3 is 0.800 bits per heavy atom. The van der Waals surface area contributed by atoms with Gasteiger partial charge in [-0.1, -0.05) is 65.2 Å². The standard InChI is InChI=1S/2C17H31.Hg/c2*1-3-5-7-9-11-13-15-17-16-14-12-10-8-6-4-2;/h2*3,5-17H2,1H3;. The van der Waals surface area contributed by atoms with E-state index in [2.05, 4.69) is 32.5 Å². The van der Waals surface area contributed by atoms with Crippen molar-refractivity contribution in [2.45, 2.75) is 194 Å². The van der Waals surface area contributed by atoms with Crippen molar-refractivity contribution in [1.29, 1.82) is 0 Å². The van der Waals surface area contributed by atoms with Crippen LogP contribution in [0.3, 0.4) is 0 Å². The average molecular weight is 671 g/mol. The molecule has 0 nitrogen and oxygen atoms in total. The van der Waals surface area contributed by atoms with Crippen molar-refractivity contribution < 1.29 is 24.6 Å². The fraction of sp³-hybridized carbons (Fsp3) is 0.882. The Labute approximate surface area is 235 Å². The molecule has 0 bridgehead atoms. The molecule has 0 saturated carbocycles. The predicted molar refractivity (Wildman–Crippen MR) is 156 cm³/mol. The van der Waals surface area contributed by atoms with Crippen LogP contribution in [0.1, 0.15) is 194 Å². The molecule has 200 valence electrons. The van der Waals surface area contributed by atoms with Crippen LogP contribution in [0, 0.1) is 18.7 Å². The van der Waals surface area contributed by atoms with E-state index in [1.165, 1.54) is 167 Å². The second-order valence-corrected chi connectivity index (χ2v) is 15.0. The first-order chi connectivity index (χ1) is 17.4. The quantitative estimate of drug-likeness (QED) is 0.0488. The van der Waals surface area contributed by atoms with Crippen molar-refractivity contribution in [3.8, 4) is 18.7 Å². The Kier molecular flexibility index (Phi) is 34.1. The van der Waals surface area contributed by atoms with Crippen LogP contribution in [0.25, 0.3) is 0 Å². The van der Waals surface area contributed by atoms with Crippen molar-refractivity contribution >= 4 is 0 Å². The normalized spacial score (nSPS) is 10.3. The van der Waals surface area contributed by atoms with E-state index in [9.17, 15) is 0 Å². The maximum atomic E-state index is 3.48. The van der Waals surface area contributed by atoms with Gasteiger partial charge >= 0.3 is 172 Å². The molecular formula is C34H62Hg.